The lowest BCUT2D eigenvalue weighted by Gasteiger charge is -2.14. The summed E-state index contributed by atoms with van der Waals surface area (Å²) in [6.45, 7) is 6.28. The van der Waals surface area contributed by atoms with E-state index in [0.717, 1.165) is 34.2 Å². The summed E-state index contributed by atoms with van der Waals surface area (Å²) in [5.74, 6) is 2.09. The zero-order chi connectivity index (χ0) is 16.4. The molecule has 0 aliphatic heterocycles. The quantitative estimate of drug-likeness (QED) is 0.757. The summed E-state index contributed by atoms with van der Waals surface area (Å²) in [4.78, 5) is 9.27. The van der Waals surface area contributed by atoms with Crippen LogP contribution in [0.1, 0.15) is 50.3 Å². The second kappa shape index (κ2) is 6.75. The molecular weight excluding hydrogens is 308 g/mol. The molecule has 1 heterocycles. The molecule has 0 amide bonds. The number of benzene rings is 1. The lowest BCUT2D eigenvalue weighted by atomic mass is 10.2. The molecule has 0 radical (unpaired) electrons. The van der Waals surface area contributed by atoms with Crippen LogP contribution < -0.4 is 10.6 Å². The molecule has 5 heteroatoms. The molecule has 1 aliphatic carbocycles. The van der Waals surface area contributed by atoms with Crippen LogP contribution in [0, 0.1) is 6.92 Å². The molecule has 1 aromatic carbocycles. The summed E-state index contributed by atoms with van der Waals surface area (Å²) >= 11 is 6.21. The van der Waals surface area contributed by atoms with E-state index in [2.05, 4.69) is 34.4 Å². The highest BCUT2D eigenvalue weighted by atomic mass is 35.5. The molecule has 1 fully saturated rings. The van der Waals surface area contributed by atoms with Gasteiger partial charge >= 0.3 is 0 Å². The van der Waals surface area contributed by atoms with Gasteiger partial charge in [-0.1, -0.05) is 24.6 Å². The van der Waals surface area contributed by atoms with Crippen molar-refractivity contribution < 1.29 is 0 Å². The fourth-order valence-corrected chi connectivity index (χ4v) is 2.50. The number of aromatic nitrogens is 2. The Balaban J connectivity index is 1.86. The first-order chi connectivity index (χ1) is 11.0. The van der Waals surface area contributed by atoms with Crippen LogP contribution in [0.3, 0.4) is 0 Å². The number of aryl methyl sites for hydroxylation is 1. The average Bonchev–Trinajstić information content (AvgIpc) is 3.35. The maximum Gasteiger partial charge on any atom is 0.225 e. The van der Waals surface area contributed by atoms with Crippen molar-refractivity contribution in [1.82, 2.24) is 9.97 Å². The number of halogens is 1. The second-order valence-corrected chi connectivity index (χ2v) is 6.73. The van der Waals surface area contributed by atoms with Crippen LogP contribution in [0.4, 0.5) is 17.5 Å². The minimum Gasteiger partial charge on any atom is -0.352 e. The molecule has 0 spiro atoms. The van der Waals surface area contributed by atoms with Crippen molar-refractivity contribution in [2.75, 3.05) is 10.6 Å². The number of hydrogen-bond acceptors (Lipinski definition) is 4. The summed E-state index contributed by atoms with van der Waals surface area (Å²) in [7, 11) is 0. The Morgan fingerprint density at radius 3 is 2.70 bits per heavy atom. The summed E-state index contributed by atoms with van der Waals surface area (Å²) in [5.41, 5.74) is 3.12. The van der Waals surface area contributed by atoms with Crippen LogP contribution in [0.5, 0.6) is 0 Å². The smallest absolute Gasteiger partial charge is 0.225 e. The van der Waals surface area contributed by atoms with Gasteiger partial charge in [0.05, 0.1) is 5.69 Å². The van der Waals surface area contributed by atoms with E-state index >= 15 is 0 Å². The van der Waals surface area contributed by atoms with Crippen molar-refractivity contribution in [2.45, 2.75) is 52.0 Å². The predicted molar refractivity (Wildman–Crippen MR) is 96.9 cm³/mol. The van der Waals surface area contributed by atoms with E-state index < -0.39 is 0 Å². The third-order valence-corrected chi connectivity index (χ3v) is 4.58. The van der Waals surface area contributed by atoms with Gasteiger partial charge in [0, 0.05) is 28.7 Å². The van der Waals surface area contributed by atoms with Gasteiger partial charge in [-0.25, -0.2) is 4.98 Å². The maximum atomic E-state index is 6.21. The highest BCUT2D eigenvalue weighted by molar-refractivity contribution is 6.31. The zero-order valence-corrected chi connectivity index (χ0v) is 14.6. The van der Waals surface area contributed by atoms with Crippen LogP contribution in [0.25, 0.3) is 0 Å². The topological polar surface area (TPSA) is 49.8 Å². The molecular formula is C18H23ClN4. The van der Waals surface area contributed by atoms with Gasteiger partial charge in [-0.15, -0.1) is 0 Å². The van der Waals surface area contributed by atoms with Crippen molar-refractivity contribution >= 4 is 29.1 Å². The Kier molecular flexibility index (Phi) is 4.71. The van der Waals surface area contributed by atoms with E-state index in [-0.39, 0.29) is 0 Å². The van der Waals surface area contributed by atoms with Crippen molar-refractivity contribution in [3.8, 4) is 0 Å². The van der Waals surface area contributed by atoms with E-state index in [4.69, 9.17) is 11.6 Å². The molecule has 2 aromatic rings. The van der Waals surface area contributed by atoms with Crippen molar-refractivity contribution in [3.63, 3.8) is 0 Å². The molecule has 122 valence electrons. The Hall–Kier alpha value is -1.81. The van der Waals surface area contributed by atoms with E-state index in [1.807, 2.05) is 31.2 Å². The average molecular weight is 331 g/mol. The molecule has 0 bridgehead atoms. The Morgan fingerprint density at radius 1 is 1.26 bits per heavy atom. The number of anilines is 3. The first-order valence-corrected chi connectivity index (χ1v) is 8.61. The molecule has 23 heavy (non-hydrogen) atoms. The van der Waals surface area contributed by atoms with E-state index in [0.29, 0.717) is 17.9 Å². The standard InChI is InChI=1S/C18H23ClN4/c1-4-12(3)20-18-22-16(13-6-7-13)10-17(23-18)21-14-8-5-11(2)15(19)9-14/h5,8-10,12-13H,4,6-7H2,1-3H3,(H2,20,21,22,23)/t12-/m1/s1. The number of hydrogen-bond donors (Lipinski definition) is 2. The van der Waals surface area contributed by atoms with Gasteiger partial charge < -0.3 is 10.6 Å². The first kappa shape index (κ1) is 16.1. The summed E-state index contributed by atoms with van der Waals surface area (Å²) in [6.07, 6.45) is 3.47. The second-order valence-electron chi connectivity index (χ2n) is 6.32. The Morgan fingerprint density at radius 2 is 2.04 bits per heavy atom. The summed E-state index contributed by atoms with van der Waals surface area (Å²) in [5, 5.41) is 7.48. The molecule has 1 aromatic heterocycles. The van der Waals surface area contributed by atoms with Gasteiger partial charge in [-0.2, -0.15) is 4.98 Å². The highest BCUT2D eigenvalue weighted by Crippen LogP contribution is 2.40. The SMILES string of the molecule is CC[C@@H](C)Nc1nc(Nc2ccc(C)c(Cl)c2)cc(C2CC2)n1. The molecule has 1 aliphatic rings. The fraction of sp³-hybridized carbons (Fsp3) is 0.444. The van der Waals surface area contributed by atoms with E-state index in [1.165, 1.54) is 12.8 Å². The normalized spacial score (nSPS) is 15.3. The number of nitrogens with one attached hydrogen (secondary N) is 2. The first-order valence-electron chi connectivity index (χ1n) is 8.24. The molecule has 4 nitrogen and oxygen atoms in total. The van der Waals surface area contributed by atoms with Gasteiger partial charge in [0.2, 0.25) is 5.95 Å². The lowest BCUT2D eigenvalue weighted by molar-refractivity contribution is 0.750. The summed E-state index contributed by atoms with van der Waals surface area (Å²) < 4.78 is 0. The van der Waals surface area contributed by atoms with Crippen LogP contribution >= 0.6 is 11.6 Å². The zero-order valence-electron chi connectivity index (χ0n) is 13.9. The van der Waals surface area contributed by atoms with Gasteiger partial charge in [-0.3, -0.25) is 0 Å². The Bertz CT molecular complexity index is 697. The largest absolute Gasteiger partial charge is 0.352 e. The van der Waals surface area contributed by atoms with Crippen molar-refractivity contribution in [3.05, 3.63) is 40.5 Å². The van der Waals surface area contributed by atoms with Crippen LogP contribution in [0.15, 0.2) is 24.3 Å². The van der Waals surface area contributed by atoms with Crippen molar-refractivity contribution in [1.29, 1.82) is 0 Å². The predicted octanol–water partition coefficient (Wildman–Crippen LogP) is 5.27. The lowest BCUT2D eigenvalue weighted by Crippen LogP contribution is -2.16. The summed E-state index contributed by atoms with van der Waals surface area (Å²) in [6, 6.07) is 8.35. The molecule has 1 atom stereocenters. The van der Waals surface area contributed by atoms with Crippen LogP contribution in [-0.2, 0) is 0 Å². The number of rotatable bonds is 6. The molecule has 3 rings (SSSR count). The third-order valence-electron chi connectivity index (χ3n) is 4.17. The minimum absolute atomic E-state index is 0.353. The highest BCUT2D eigenvalue weighted by Gasteiger charge is 2.26. The minimum atomic E-state index is 0.353. The van der Waals surface area contributed by atoms with E-state index in [9.17, 15) is 0 Å². The molecule has 1 saturated carbocycles. The van der Waals surface area contributed by atoms with Crippen molar-refractivity contribution in [2.24, 2.45) is 0 Å². The third kappa shape index (κ3) is 4.14. The van der Waals surface area contributed by atoms with Crippen LogP contribution in [0.2, 0.25) is 5.02 Å². The van der Waals surface area contributed by atoms with Gasteiger partial charge in [0.1, 0.15) is 5.82 Å². The Labute approximate surface area is 142 Å². The molecule has 0 saturated heterocycles. The van der Waals surface area contributed by atoms with Gasteiger partial charge in [0.25, 0.3) is 0 Å². The van der Waals surface area contributed by atoms with Gasteiger partial charge in [0.15, 0.2) is 0 Å². The number of nitrogens with zero attached hydrogens (tertiary/aromatic N) is 2. The molecule has 2 N–H and O–H groups in total. The molecule has 0 unspecified atom stereocenters. The fourth-order valence-electron chi connectivity index (χ4n) is 2.32. The van der Waals surface area contributed by atoms with Gasteiger partial charge in [-0.05, 0) is 50.8 Å². The van der Waals surface area contributed by atoms with E-state index in [1.54, 1.807) is 0 Å². The monoisotopic (exact) mass is 330 g/mol. The van der Waals surface area contributed by atoms with Crippen LogP contribution in [-0.4, -0.2) is 16.0 Å². The maximum absolute atomic E-state index is 6.21.